The Hall–Kier alpha value is -4.61. The van der Waals surface area contributed by atoms with Crippen LogP contribution in [0.1, 0.15) is 38.4 Å². The third kappa shape index (κ3) is 3.32. The van der Waals surface area contributed by atoms with E-state index in [1.54, 1.807) is 42.2 Å². The molecule has 1 amide bonds. The highest BCUT2D eigenvalue weighted by molar-refractivity contribution is 5.98. The maximum Gasteiger partial charge on any atom is 0.254 e. The van der Waals surface area contributed by atoms with Gasteiger partial charge < -0.3 is 9.64 Å². The number of nitriles is 2. The van der Waals surface area contributed by atoms with E-state index >= 15 is 0 Å². The normalized spacial score (nSPS) is 12.1. The Kier molecular flexibility index (Phi) is 4.64. The van der Waals surface area contributed by atoms with E-state index in [2.05, 4.69) is 21.1 Å². The highest BCUT2D eigenvalue weighted by atomic mass is 16.5. The third-order valence-electron chi connectivity index (χ3n) is 4.78. The maximum atomic E-state index is 12.7. The van der Waals surface area contributed by atoms with E-state index in [0.29, 0.717) is 51.8 Å². The van der Waals surface area contributed by atoms with Crippen LogP contribution in [0.15, 0.2) is 36.4 Å². The van der Waals surface area contributed by atoms with Crippen LogP contribution < -0.4 is 4.74 Å². The van der Waals surface area contributed by atoms with E-state index in [0.717, 1.165) is 5.56 Å². The number of benzene rings is 2. The lowest BCUT2D eigenvalue weighted by atomic mass is 10.1. The number of nitrogens with one attached hydrogen (secondary N) is 1. The molecule has 0 aliphatic carbocycles. The van der Waals surface area contributed by atoms with E-state index in [9.17, 15) is 4.79 Å². The summed E-state index contributed by atoms with van der Waals surface area (Å²) >= 11 is 0. The van der Waals surface area contributed by atoms with Crippen molar-refractivity contribution in [2.24, 2.45) is 0 Å². The van der Waals surface area contributed by atoms with Gasteiger partial charge in [-0.15, -0.1) is 0 Å². The molecule has 4 rings (SSSR count). The molecule has 8 nitrogen and oxygen atoms in total. The zero-order chi connectivity index (χ0) is 21.3. The topological polar surface area (TPSA) is 110 Å². The highest BCUT2D eigenvalue weighted by Crippen LogP contribution is 2.33. The Morgan fingerprint density at radius 1 is 1.23 bits per heavy atom. The molecule has 1 aliphatic rings. The molecule has 144 valence electrons. The Morgan fingerprint density at radius 3 is 2.77 bits per heavy atom. The van der Waals surface area contributed by atoms with E-state index < -0.39 is 0 Å². The highest BCUT2D eigenvalue weighted by Gasteiger charge is 2.29. The van der Waals surface area contributed by atoms with Crippen LogP contribution in [0.2, 0.25) is 0 Å². The first-order valence-electron chi connectivity index (χ1n) is 8.99. The molecule has 30 heavy (non-hydrogen) atoms. The first-order chi connectivity index (χ1) is 14.5. The lowest BCUT2D eigenvalue weighted by Gasteiger charge is -2.15. The van der Waals surface area contributed by atoms with Gasteiger partial charge in [0.1, 0.15) is 11.4 Å². The minimum absolute atomic E-state index is 0.136. The third-order valence-corrected chi connectivity index (χ3v) is 4.78. The Balaban J connectivity index is 1.60. The molecule has 1 N–H and O–H groups in total. The number of ether oxygens (including phenoxy) is 1. The molecule has 2 aromatic carbocycles. The number of fused-ring (bicyclic) bond motifs is 1. The van der Waals surface area contributed by atoms with Crippen LogP contribution in [0.3, 0.4) is 0 Å². The molecular formula is C22H14N6O2. The Bertz CT molecular complexity index is 1270. The SMILES string of the molecule is [C-]#[N+]c1cc(C#N)cc(Oc2c(CN3Cc4cc(C#N)ccc4C3=O)n[nH]c2C)c1. The molecule has 0 bridgehead atoms. The van der Waals surface area contributed by atoms with Crippen LogP contribution in [0.4, 0.5) is 5.69 Å². The molecule has 0 atom stereocenters. The van der Waals surface area contributed by atoms with Gasteiger partial charge in [0.05, 0.1) is 36.5 Å². The second kappa shape index (κ2) is 7.43. The van der Waals surface area contributed by atoms with Gasteiger partial charge in [-0.1, -0.05) is 0 Å². The molecule has 0 spiro atoms. The van der Waals surface area contributed by atoms with Crippen molar-refractivity contribution >= 4 is 11.6 Å². The molecule has 2 heterocycles. The molecule has 1 aliphatic heterocycles. The monoisotopic (exact) mass is 394 g/mol. The zero-order valence-electron chi connectivity index (χ0n) is 15.9. The summed E-state index contributed by atoms with van der Waals surface area (Å²) in [6.45, 7) is 9.56. The standard InChI is InChI=1S/C22H14N6O2/c1-13-21(30-18-7-15(10-24)6-17(8-18)25-2)20(27-26-13)12-28-11-16-5-14(9-23)3-4-19(16)22(28)29/h3-8H,11-12H2,1H3,(H,26,27). The molecule has 0 saturated carbocycles. The Labute approximate surface area is 172 Å². The number of hydrogen-bond donors (Lipinski definition) is 1. The zero-order valence-corrected chi connectivity index (χ0v) is 15.9. The molecule has 0 unspecified atom stereocenters. The van der Waals surface area contributed by atoms with Crippen LogP contribution in [0.5, 0.6) is 11.5 Å². The van der Waals surface area contributed by atoms with Crippen molar-refractivity contribution in [3.8, 4) is 23.6 Å². The quantitative estimate of drug-likeness (QED) is 0.674. The summed E-state index contributed by atoms with van der Waals surface area (Å²) in [5.74, 6) is 0.658. The first kappa shape index (κ1) is 18.7. The minimum atomic E-state index is -0.136. The Morgan fingerprint density at radius 2 is 2.03 bits per heavy atom. The van der Waals surface area contributed by atoms with Gasteiger partial charge in [-0.3, -0.25) is 9.89 Å². The van der Waals surface area contributed by atoms with Gasteiger partial charge in [-0.2, -0.15) is 15.6 Å². The fraction of sp³-hybridized carbons (Fsp3) is 0.136. The molecule has 0 saturated heterocycles. The van der Waals surface area contributed by atoms with E-state index in [1.807, 2.05) is 6.07 Å². The maximum absolute atomic E-state index is 12.7. The van der Waals surface area contributed by atoms with E-state index in [1.165, 1.54) is 6.07 Å². The number of carbonyl (C=O) groups is 1. The number of aromatic amines is 1. The predicted octanol–water partition coefficient (Wildman–Crippen LogP) is 3.96. The van der Waals surface area contributed by atoms with Crippen molar-refractivity contribution in [3.05, 3.63) is 81.5 Å². The summed E-state index contributed by atoms with van der Waals surface area (Å²) in [5.41, 5.74) is 3.69. The molecule has 1 aromatic heterocycles. The van der Waals surface area contributed by atoms with Crippen molar-refractivity contribution in [2.75, 3.05) is 0 Å². The summed E-state index contributed by atoms with van der Waals surface area (Å²) in [6, 6.07) is 13.7. The summed E-state index contributed by atoms with van der Waals surface area (Å²) < 4.78 is 5.96. The van der Waals surface area contributed by atoms with Gasteiger partial charge in [0.25, 0.3) is 5.91 Å². The summed E-state index contributed by atoms with van der Waals surface area (Å²) in [6.07, 6.45) is 0. The number of aryl methyl sites for hydroxylation is 1. The van der Waals surface area contributed by atoms with Crippen molar-refractivity contribution < 1.29 is 9.53 Å². The van der Waals surface area contributed by atoms with Crippen LogP contribution in [-0.2, 0) is 13.1 Å². The van der Waals surface area contributed by atoms with Gasteiger partial charge in [0.15, 0.2) is 11.4 Å². The number of rotatable bonds is 4. The van der Waals surface area contributed by atoms with Crippen LogP contribution in [0, 0.1) is 36.2 Å². The summed E-state index contributed by atoms with van der Waals surface area (Å²) in [7, 11) is 0. The molecule has 0 fully saturated rings. The second-order valence-electron chi connectivity index (χ2n) is 6.81. The number of carbonyl (C=O) groups excluding carboxylic acids is 1. The van der Waals surface area contributed by atoms with E-state index in [-0.39, 0.29) is 12.5 Å². The van der Waals surface area contributed by atoms with Gasteiger partial charge >= 0.3 is 0 Å². The summed E-state index contributed by atoms with van der Waals surface area (Å²) in [5, 5.41) is 25.4. The molecule has 3 aromatic rings. The van der Waals surface area contributed by atoms with Crippen LogP contribution in [0.25, 0.3) is 4.85 Å². The number of amides is 1. The summed E-state index contributed by atoms with van der Waals surface area (Å²) in [4.78, 5) is 17.7. The number of nitrogens with zero attached hydrogens (tertiary/aromatic N) is 5. The molecular weight excluding hydrogens is 380 g/mol. The largest absolute Gasteiger partial charge is 0.455 e. The fourth-order valence-electron chi connectivity index (χ4n) is 3.36. The smallest absolute Gasteiger partial charge is 0.254 e. The van der Waals surface area contributed by atoms with Gasteiger partial charge in [0, 0.05) is 17.7 Å². The second-order valence-corrected chi connectivity index (χ2v) is 6.81. The van der Waals surface area contributed by atoms with Crippen LogP contribution in [-0.4, -0.2) is 21.0 Å². The molecule has 8 heteroatoms. The van der Waals surface area contributed by atoms with Crippen molar-refractivity contribution in [1.29, 1.82) is 10.5 Å². The number of H-pyrrole nitrogens is 1. The van der Waals surface area contributed by atoms with Crippen molar-refractivity contribution in [2.45, 2.75) is 20.0 Å². The lowest BCUT2D eigenvalue weighted by Crippen LogP contribution is -2.23. The van der Waals surface area contributed by atoms with Gasteiger partial charge in [-0.05, 0) is 48.9 Å². The first-order valence-corrected chi connectivity index (χ1v) is 8.99. The average molecular weight is 394 g/mol. The lowest BCUT2D eigenvalue weighted by molar-refractivity contribution is 0.0764. The average Bonchev–Trinajstić information content (AvgIpc) is 3.27. The fourth-order valence-corrected chi connectivity index (χ4v) is 3.36. The van der Waals surface area contributed by atoms with Crippen molar-refractivity contribution in [1.82, 2.24) is 15.1 Å². The van der Waals surface area contributed by atoms with Crippen molar-refractivity contribution in [3.63, 3.8) is 0 Å². The number of aromatic nitrogens is 2. The van der Waals surface area contributed by atoms with E-state index in [4.69, 9.17) is 21.8 Å². The van der Waals surface area contributed by atoms with Gasteiger partial charge in [0.2, 0.25) is 0 Å². The van der Waals surface area contributed by atoms with Crippen LogP contribution >= 0.6 is 0 Å². The minimum Gasteiger partial charge on any atom is -0.455 e. The predicted molar refractivity (Wildman–Crippen MR) is 106 cm³/mol. The number of hydrogen-bond acceptors (Lipinski definition) is 5. The van der Waals surface area contributed by atoms with Gasteiger partial charge in [-0.25, -0.2) is 4.85 Å². The molecule has 0 radical (unpaired) electrons.